The molecule has 0 saturated carbocycles. The summed E-state index contributed by atoms with van der Waals surface area (Å²) in [7, 11) is 0. The molecule has 1 aliphatic heterocycles. The smallest absolute Gasteiger partial charge is 0.338 e. The number of hydrogen-bond acceptors (Lipinski definition) is 3. The maximum atomic E-state index is 12.3. The molecule has 0 aliphatic carbocycles. The Labute approximate surface area is 115 Å². The standard InChI is InChI=1S/C16H23NO2/c1-11(2)10-12(3)19-16(18)14-6-4-8-15-13(14)7-5-9-17-15/h4,6,8,11-12,17H,5,7,9-10H2,1-3H3. The third-order valence-electron chi connectivity index (χ3n) is 3.43. The van der Waals surface area contributed by atoms with Crippen LogP contribution in [0.4, 0.5) is 5.69 Å². The van der Waals surface area contributed by atoms with Crippen LogP contribution < -0.4 is 5.32 Å². The summed E-state index contributed by atoms with van der Waals surface area (Å²) < 4.78 is 5.55. The largest absolute Gasteiger partial charge is 0.459 e. The normalized spacial score (nSPS) is 15.6. The number of nitrogens with one attached hydrogen (secondary N) is 1. The SMILES string of the molecule is CC(C)CC(C)OC(=O)c1cccc2c1CCCN2. The van der Waals surface area contributed by atoms with Crippen molar-refractivity contribution in [2.45, 2.75) is 46.1 Å². The predicted molar refractivity (Wildman–Crippen MR) is 77.6 cm³/mol. The van der Waals surface area contributed by atoms with Gasteiger partial charge in [-0.3, -0.25) is 0 Å². The molecule has 1 aromatic carbocycles. The summed E-state index contributed by atoms with van der Waals surface area (Å²) in [6.07, 6.45) is 2.89. The zero-order valence-corrected chi connectivity index (χ0v) is 12.0. The molecular weight excluding hydrogens is 238 g/mol. The summed E-state index contributed by atoms with van der Waals surface area (Å²) in [6, 6.07) is 5.82. The second-order valence-corrected chi connectivity index (χ2v) is 5.71. The van der Waals surface area contributed by atoms with Crippen molar-refractivity contribution in [2.75, 3.05) is 11.9 Å². The molecule has 19 heavy (non-hydrogen) atoms. The molecule has 1 aromatic rings. The van der Waals surface area contributed by atoms with Gasteiger partial charge in [-0.2, -0.15) is 0 Å². The number of carbonyl (C=O) groups excluding carboxylic acids is 1. The fourth-order valence-corrected chi connectivity index (χ4v) is 2.66. The van der Waals surface area contributed by atoms with Gasteiger partial charge < -0.3 is 10.1 Å². The molecule has 2 rings (SSSR count). The molecule has 3 nitrogen and oxygen atoms in total. The molecule has 0 aromatic heterocycles. The fourth-order valence-electron chi connectivity index (χ4n) is 2.66. The molecular formula is C16H23NO2. The van der Waals surface area contributed by atoms with Crippen molar-refractivity contribution in [3.63, 3.8) is 0 Å². The van der Waals surface area contributed by atoms with Crippen LogP contribution >= 0.6 is 0 Å². The summed E-state index contributed by atoms with van der Waals surface area (Å²) in [4.78, 5) is 12.3. The fraction of sp³-hybridized carbons (Fsp3) is 0.562. The maximum absolute atomic E-state index is 12.3. The second-order valence-electron chi connectivity index (χ2n) is 5.71. The highest BCUT2D eigenvalue weighted by Gasteiger charge is 2.20. The molecule has 104 valence electrons. The highest BCUT2D eigenvalue weighted by molar-refractivity contribution is 5.93. The molecule has 1 N–H and O–H groups in total. The van der Waals surface area contributed by atoms with Gasteiger partial charge in [-0.15, -0.1) is 0 Å². The summed E-state index contributed by atoms with van der Waals surface area (Å²) in [5, 5.41) is 3.34. The van der Waals surface area contributed by atoms with Crippen molar-refractivity contribution in [1.82, 2.24) is 0 Å². The van der Waals surface area contributed by atoms with Gasteiger partial charge in [0.05, 0.1) is 11.7 Å². The first-order valence-corrected chi connectivity index (χ1v) is 7.14. The number of benzene rings is 1. The van der Waals surface area contributed by atoms with Crippen LogP contribution in [0.3, 0.4) is 0 Å². The third-order valence-corrected chi connectivity index (χ3v) is 3.43. The Balaban J connectivity index is 2.11. The second kappa shape index (κ2) is 6.09. The van der Waals surface area contributed by atoms with Gasteiger partial charge in [-0.25, -0.2) is 4.79 Å². The van der Waals surface area contributed by atoms with Crippen LogP contribution in [0.15, 0.2) is 18.2 Å². The van der Waals surface area contributed by atoms with E-state index in [-0.39, 0.29) is 12.1 Å². The first-order chi connectivity index (χ1) is 9.08. The predicted octanol–water partition coefficient (Wildman–Crippen LogP) is 3.64. The highest BCUT2D eigenvalue weighted by Crippen LogP contribution is 2.26. The number of anilines is 1. The molecule has 0 amide bonds. The maximum Gasteiger partial charge on any atom is 0.338 e. The summed E-state index contributed by atoms with van der Waals surface area (Å²) >= 11 is 0. The van der Waals surface area contributed by atoms with Crippen molar-refractivity contribution in [3.8, 4) is 0 Å². The number of carbonyl (C=O) groups is 1. The van der Waals surface area contributed by atoms with E-state index in [1.165, 1.54) is 0 Å². The van der Waals surface area contributed by atoms with Gasteiger partial charge in [-0.1, -0.05) is 19.9 Å². The Morgan fingerprint density at radius 3 is 2.89 bits per heavy atom. The Bertz CT molecular complexity index is 454. The van der Waals surface area contributed by atoms with Gasteiger partial charge >= 0.3 is 5.97 Å². The molecule has 0 radical (unpaired) electrons. The topological polar surface area (TPSA) is 38.3 Å². The highest BCUT2D eigenvalue weighted by atomic mass is 16.5. The van der Waals surface area contributed by atoms with Gasteiger partial charge in [0.2, 0.25) is 0 Å². The molecule has 1 unspecified atom stereocenters. The van der Waals surface area contributed by atoms with E-state index in [1.54, 1.807) is 0 Å². The quantitative estimate of drug-likeness (QED) is 0.841. The first-order valence-electron chi connectivity index (χ1n) is 7.14. The van der Waals surface area contributed by atoms with Crippen LogP contribution in [0.25, 0.3) is 0 Å². The molecule has 0 spiro atoms. The molecule has 1 aliphatic rings. The van der Waals surface area contributed by atoms with Crippen LogP contribution in [0.5, 0.6) is 0 Å². The minimum absolute atomic E-state index is 0.0279. The molecule has 3 heteroatoms. The van der Waals surface area contributed by atoms with Gasteiger partial charge in [0.15, 0.2) is 0 Å². The lowest BCUT2D eigenvalue weighted by atomic mass is 9.97. The molecule has 0 bridgehead atoms. The molecule has 0 saturated heterocycles. The Hall–Kier alpha value is -1.51. The third kappa shape index (κ3) is 3.49. The lowest BCUT2D eigenvalue weighted by molar-refractivity contribution is 0.0298. The van der Waals surface area contributed by atoms with Crippen LogP contribution in [0, 0.1) is 5.92 Å². The van der Waals surface area contributed by atoms with E-state index in [2.05, 4.69) is 19.2 Å². The van der Waals surface area contributed by atoms with E-state index in [1.807, 2.05) is 25.1 Å². The van der Waals surface area contributed by atoms with Crippen LogP contribution in [0.2, 0.25) is 0 Å². The van der Waals surface area contributed by atoms with Crippen LogP contribution in [-0.2, 0) is 11.2 Å². The number of rotatable bonds is 4. The van der Waals surface area contributed by atoms with E-state index < -0.39 is 0 Å². The molecule has 1 heterocycles. The van der Waals surface area contributed by atoms with Crippen molar-refractivity contribution in [1.29, 1.82) is 0 Å². The Kier molecular flexibility index (Phi) is 4.46. The Morgan fingerprint density at radius 1 is 1.37 bits per heavy atom. The van der Waals surface area contributed by atoms with Crippen molar-refractivity contribution in [2.24, 2.45) is 5.92 Å². The van der Waals surface area contributed by atoms with E-state index in [0.29, 0.717) is 5.92 Å². The minimum Gasteiger partial charge on any atom is -0.459 e. The average molecular weight is 261 g/mol. The van der Waals surface area contributed by atoms with Crippen LogP contribution in [-0.4, -0.2) is 18.6 Å². The number of esters is 1. The number of ether oxygens (including phenoxy) is 1. The summed E-state index contributed by atoms with van der Waals surface area (Å²) in [6.45, 7) is 7.22. The lowest BCUT2D eigenvalue weighted by Crippen LogP contribution is -2.20. The Morgan fingerprint density at radius 2 is 2.16 bits per heavy atom. The number of hydrogen-bond donors (Lipinski definition) is 1. The van der Waals surface area contributed by atoms with Crippen molar-refractivity contribution < 1.29 is 9.53 Å². The average Bonchev–Trinajstić information content (AvgIpc) is 2.36. The zero-order valence-electron chi connectivity index (χ0n) is 12.0. The monoisotopic (exact) mass is 261 g/mol. The summed E-state index contributed by atoms with van der Waals surface area (Å²) in [5.74, 6) is 0.350. The zero-order chi connectivity index (χ0) is 13.8. The van der Waals surface area contributed by atoms with E-state index in [0.717, 1.165) is 42.6 Å². The van der Waals surface area contributed by atoms with E-state index >= 15 is 0 Å². The van der Waals surface area contributed by atoms with Gasteiger partial charge in [-0.05, 0) is 49.8 Å². The van der Waals surface area contributed by atoms with Crippen LogP contribution in [0.1, 0.15) is 49.5 Å². The molecule has 0 fully saturated rings. The van der Waals surface area contributed by atoms with Gasteiger partial charge in [0.1, 0.15) is 0 Å². The van der Waals surface area contributed by atoms with Crippen molar-refractivity contribution >= 4 is 11.7 Å². The van der Waals surface area contributed by atoms with Gasteiger partial charge in [0.25, 0.3) is 0 Å². The first kappa shape index (κ1) is 13.9. The molecule has 1 atom stereocenters. The summed E-state index contributed by atoms with van der Waals surface area (Å²) in [5.41, 5.74) is 2.91. The minimum atomic E-state index is -0.186. The van der Waals surface area contributed by atoms with Crippen molar-refractivity contribution in [3.05, 3.63) is 29.3 Å². The van der Waals surface area contributed by atoms with E-state index in [9.17, 15) is 4.79 Å². The van der Waals surface area contributed by atoms with E-state index in [4.69, 9.17) is 4.74 Å². The van der Waals surface area contributed by atoms with Gasteiger partial charge in [0, 0.05) is 12.2 Å². The number of fused-ring (bicyclic) bond motifs is 1. The lowest BCUT2D eigenvalue weighted by Gasteiger charge is -2.21.